The minimum atomic E-state index is -2.73. The monoisotopic (exact) mass is 191 g/mol. The van der Waals surface area contributed by atoms with E-state index in [1.54, 1.807) is 0 Å². The average Bonchev–Trinajstić information content (AvgIpc) is 2.04. The Morgan fingerprint density at radius 2 is 2.25 bits per heavy atom. The zero-order chi connectivity index (χ0) is 9.14. The molecule has 0 aromatic carbocycles. The molecule has 0 unspecified atom stereocenters. The van der Waals surface area contributed by atoms with Gasteiger partial charge >= 0.3 is 0 Å². The van der Waals surface area contributed by atoms with E-state index in [-0.39, 0.29) is 5.56 Å². The van der Waals surface area contributed by atoms with Gasteiger partial charge in [-0.15, -0.1) is 0 Å². The Bertz CT molecular complexity index is 303. The molecule has 0 radical (unpaired) electrons. The van der Waals surface area contributed by atoms with Crippen molar-refractivity contribution in [3.05, 3.63) is 29.6 Å². The fraction of sp³-hybridized carbons (Fsp3) is 0.143. The third kappa shape index (κ3) is 1.76. The molecule has 1 aromatic rings. The van der Waals surface area contributed by atoms with Gasteiger partial charge in [0.1, 0.15) is 0 Å². The molecular formula is C7H4ClF2NO. The number of carbonyl (C=O) groups is 1. The van der Waals surface area contributed by atoms with Gasteiger partial charge in [0, 0.05) is 23.5 Å². The van der Waals surface area contributed by atoms with Gasteiger partial charge in [-0.1, -0.05) is 0 Å². The maximum Gasteiger partial charge on any atom is 0.266 e. The van der Waals surface area contributed by atoms with Gasteiger partial charge in [-0.05, 0) is 17.7 Å². The van der Waals surface area contributed by atoms with Crippen LogP contribution in [0.3, 0.4) is 0 Å². The SMILES string of the molecule is O=C(Cl)c1ccncc1C(F)F. The zero-order valence-electron chi connectivity index (χ0n) is 5.80. The molecule has 0 bridgehead atoms. The van der Waals surface area contributed by atoms with Crippen molar-refractivity contribution < 1.29 is 13.6 Å². The summed E-state index contributed by atoms with van der Waals surface area (Å²) in [5.74, 6) is 0. The summed E-state index contributed by atoms with van der Waals surface area (Å²) in [5.41, 5.74) is -0.626. The summed E-state index contributed by atoms with van der Waals surface area (Å²) < 4.78 is 24.3. The van der Waals surface area contributed by atoms with E-state index in [0.29, 0.717) is 0 Å². The van der Waals surface area contributed by atoms with Crippen LogP contribution in [0, 0.1) is 0 Å². The quantitative estimate of drug-likeness (QED) is 0.672. The smallest absolute Gasteiger partial charge is 0.266 e. The van der Waals surface area contributed by atoms with E-state index in [0.717, 1.165) is 12.3 Å². The van der Waals surface area contributed by atoms with E-state index in [4.69, 9.17) is 11.6 Å². The summed E-state index contributed by atoms with van der Waals surface area (Å²) in [6.45, 7) is 0. The van der Waals surface area contributed by atoms with Crippen molar-refractivity contribution in [2.24, 2.45) is 0 Å². The van der Waals surface area contributed by atoms with E-state index < -0.39 is 17.2 Å². The second-order valence-corrected chi connectivity index (χ2v) is 2.38. The van der Waals surface area contributed by atoms with Crippen molar-refractivity contribution in [2.45, 2.75) is 6.43 Å². The molecule has 1 aromatic heterocycles. The number of hydrogen-bond donors (Lipinski definition) is 0. The third-order valence-corrected chi connectivity index (χ3v) is 1.50. The Balaban J connectivity index is 3.17. The maximum absolute atomic E-state index is 12.1. The minimum absolute atomic E-state index is 0.193. The molecule has 5 heteroatoms. The highest BCUT2D eigenvalue weighted by molar-refractivity contribution is 6.67. The second-order valence-electron chi connectivity index (χ2n) is 2.04. The van der Waals surface area contributed by atoms with Gasteiger partial charge in [0.15, 0.2) is 0 Å². The number of pyridine rings is 1. The molecule has 12 heavy (non-hydrogen) atoms. The zero-order valence-corrected chi connectivity index (χ0v) is 6.55. The first-order valence-electron chi connectivity index (χ1n) is 3.05. The molecule has 0 atom stereocenters. The number of halogens is 3. The van der Waals surface area contributed by atoms with Crippen LogP contribution in [0.1, 0.15) is 22.3 Å². The predicted molar refractivity (Wildman–Crippen MR) is 39.4 cm³/mol. The van der Waals surface area contributed by atoms with Crippen LogP contribution in [-0.4, -0.2) is 10.2 Å². The van der Waals surface area contributed by atoms with E-state index in [1.807, 2.05) is 0 Å². The Morgan fingerprint density at radius 1 is 1.58 bits per heavy atom. The summed E-state index contributed by atoms with van der Waals surface area (Å²) in [7, 11) is 0. The highest BCUT2D eigenvalue weighted by Crippen LogP contribution is 2.22. The van der Waals surface area contributed by atoms with Crippen LogP contribution in [0.25, 0.3) is 0 Å². The summed E-state index contributed by atoms with van der Waals surface area (Å²) in [5, 5.41) is -0.896. The van der Waals surface area contributed by atoms with E-state index >= 15 is 0 Å². The lowest BCUT2D eigenvalue weighted by molar-refractivity contribution is 0.106. The lowest BCUT2D eigenvalue weighted by Gasteiger charge is -2.01. The van der Waals surface area contributed by atoms with Crippen LogP contribution < -0.4 is 0 Å². The predicted octanol–water partition coefficient (Wildman–Crippen LogP) is 2.40. The third-order valence-electron chi connectivity index (χ3n) is 1.30. The van der Waals surface area contributed by atoms with Crippen LogP contribution >= 0.6 is 11.6 Å². The molecule has 2 nitrogen and oxygen atoms in total. The molecule has 0 N–H and O–H groups in total. The first-order valence-corrected chi connectivity index (χ1v) is 3.42. The van der Waals surface area contributed by atoms with Gasteiger partial charge < -0.3 is 0 Å². The molecule has 0 fully saturated rings. The van der Waals surface area contributed by atoms with Gasteiger partial charge in [0.25, 0.3) is 11.7 Å². The number of carbonyl (C=O) groups excluding carboxylic acids is 1. The lowest BCUT2D eigenvalue weighted by atomic mass is 10.2. The molecular weight excluding hydrogens is 188 g/mol. The van der Waals surface area contributed by atoms with Crippen LogP contribution in [-0.2, 0) is 0 Å². The van der Waals surface area contributed by atoms with Crippen LogP contribution in [0.2, 0.25) is 0 Å². The highest BCUT2D eigenvalue weighted by atomic mass is 35.5. The second kappa shape index (κ2) is 3.58. The summed E-state index contributed by atoms with van der Waals surface area (Å²) in [6, 6.07) is 1.16. The molecule has 0 aliphatic rings. The Morgan fingerprint density at radius 3 is 2.67 bits per heavy atom. The van der Waals surface area contributed by atoms with Crippen molar-refractivity contribution in [2.75, 3.05) is 0 Å². The largest absolute Gasteiger partial charge is 0.276 e. The van der Waals surface area contributed by atoms with Crippen LogP contribution in [0.4, 0.5) is 8.78 Å². The molecule has 0 aliphatic heterocycles. The van der Waals surface area contributed by atoms with Gasteiger partial charge in [-0.25, -0.2) is 8.78 Å². The van der Waals surface area contributed by atoms with E-state index in [9.17, 15) is 13.6 Å². The van der Waals surface area contributed by atoms with Crippen molar-refractivity contribution in [3.8, 4) is 0 Å². The molecule has 0 saturated carbocycles. The first kappa shape index (κ1) is 9.06. The summed E-state index contributed by atoms with van der Waals surface area (Å²) in [4.78, 5) is 14.0. The van der Waals surface area contributed by atoms with Gasteiger partial charge in [0.2, 0.25) is 0 Å². The fourth-order valence-electron chi connectivity index (χ4n) is 0.760. The van der Waals surface area contributed by atoms with Crippen LogP contribution in [0.15, 0.2) is 18.5 Å². The lowest BCUT2D eigenvalue weighted by Crippen LogP contribution is -1.98. The normalized spacial score (nSPS) is 10.3. The van der Waals surface area contributed by atoms with Gasteiger partial charge in [0.05, 0.1) is 0 Å². The fourth-order valence-corrected chi connectivity index (χ4v) is 0.932. The van der Waals surface area contributed by atoms with Crippen molar-refractivity contribution in [1.29, 1.82) is 0 Å². The van der Waals surface area contributed by atoms with Crippen molar-refractivity contribution >= 4 is 16.8 Å². The highest BCUT2D eigenvalue weighted by Gasteiger charge is 2.16. The topological polar surface area (TPSA) is 30.0 Å². The number of hydrogen-bond acceptors (Lipinski definition) is 2. The number of nitrogens with zero attached hydrogens (tertiary/aromatic N) is 1. The summed E-state index contributed by atoms with van der Waals surface area (Å²) in [6.07, 6.45) is -0.557. The van der Waals surface area contributed by atoms with Crippen molar-refractivity contribution in [1.82, 2.24) is 4.98 Å². The number of rotatable bonds is 2. The van der Waals surface area contributed by atoms with E-state index in [1.165, 1.54) is 6.20 Å². The Hall–Kier alpha value is -1.03. The molecule has 0 spiro atoms. The number of alkyl halides is 2. The number of aromatic nitrogens is 1. The standard InChI is InChI=1S/C7H4ClF2NO/c8-6(12)4-1-2-11-3-5(4)7(9)10/h1-3,7H. The van der Waals surface area contributed by atoms with Crippen molar-refractivity contribution in [3.63, 3.8) is 0 Å². The van der Waals surface area contributed by atoms with E-state index in [2.05, 4.69) is 4.98 Å². The minimum Gasteiger partial charge on any atom is -0.276 e. The molecule has 0 amide bonds. The van der Waals surface area contributed by atoms with Gasteiger partial charge in [-0.2, -0.15) is 0 Å². The summed E-state index contributed by atoms with van der Waals surface area (Å²) >= 11 is 5.05. The van der Waals surface area contributed by atoms with Crippen LogP contribution in [0.5, 0.6) is 0 Å². The first-order chi connectivity index (χ1) is 5.63. The average molecular weight is 192 g/mol. The molecule has 0 saturated heterocycles. The molecule has 0 aliphatic carbocycles. The molecule has 1 rings (SSSR count). The Labute approximate surface area is 72.2 Å². The Kier molecular flexibility index (Phi) is 2.70. The molecule has 64 valence electrons. The molecule has 1 heterocycles. The van der Waals surface area contributed by atoms with Gasteiger partial charge in [-0.3, -0.25) is 9.78 Å². The maximum atomic E-state index is 12.1.